The van der Waals surface area contributed by atoms with Gasteiger partial charge in [-0.2, -0.15) is 0 Å². The van der Waals surface area contributed by atoms with Crippen LogP contribution < -0.4 is 5.32 Å². The SMILES string of the molecule is Cc1ccc(-c2nnc(NC(=O)C3CCCO3)s2)cc1. The van der Waals surface area contributed by atoms with Gasteiger partial charge in [-0.15, -0.1) is 10.2 Å². The number of nitrogens with one attached hydrogen (secondary N) is 1. The first kappa shape index (κ1) is 13.2. The molecule has 104 valence electrons. The van der Waals surface area contributed by atoms with Gasteiger partial charge in [0.15, 0.2) is 0 Å². The highest BCUT2D eigenvalue weighted by Crippen LogP contribution is 2.27. The Bertz CT molecular complexity index is 603. The highest BCUT2D eigenvalue weighted by Gasteiger charge is 2.24. The first-order valence-corrected chi connectivity index (χ1v) is 7.37. The van der Waals surface area contributed by atoms with E-state index in [2.05, 4.69) is 15.5 Å². The summed E-state index contributed by atoms with van der Waals surface area (Å²) in [5.74, 6) is -0.130. The molecule has 2 heterocycles. The molecule has 5 nitrogen and oxygen atoms in total. The number of anilines is 1. The molecule has 1 aromatic carbocycles. The number of ether oxygens (including phenoxy) is 1. The number of amides is 1. The van der Waals surface area contributed by atoms with E-state index in [-0.39, 0.29) is 12.0 Å². The molecule has 1 N–H and O–H groups in total. The largest absolute Gasteiger partial charge is 0.368 e. The highest BCUT2D eigenvalue weighted by atomic mass is 32.1. The maximum Gasteiger partial charge on any atom is 0.255 e. The summed E-state index contributed by atoms with van der Waals surface area (Å²) in [5.41, 5.74) is 2.20. The Kier molecular flexibility index (Phi) is 3.75. The predicted molar refractivity (Wildman–Crippen MR) is 77.7 cm³/mol. The summed E-state index contributed by atoms with van der Waals surface area (Å²) in [5, 5.41) is 12.2. The van der Waals surface area contributed by atoms with Crippen molar-refractivity contribution >= 4 is 22.4 Å². The molecule has 1 aliphatic heterocycles. The van der Waals surface area contributed by atoms with Crippen molar-refractivity contribution in [3.05, 3.63) is 29.8 Å². The number of aryl methyl sites for hydroxylation is 1. The van der Waals surface area contributed by atoms with Crippen LogP contribution in [0.1, 0.15) is 18.4 Å². The van der Waals surface area contributed by atoms with Crippen molar-refractivity contribution in [3.8, 4) is 10.6 Å². The van der Waals surface area contributed by atoms with Gasteiger partial charge in [0.1, 0.15) is 11.1 Å². The molecular formula is C14H15N3O2S. The Labute approximate surface area is 121 Å². The summed E-state index contributed by atoms with van der Waals surface area (Å²) in [6, 6.07) is 8.06. The fraction of sp³-hybridized carbons (Fsp3) is 0.357. The van der Waals surface area contributed by atoms with E-state index in [4.69, 9.17) is 4.74 Å². The molecule has 0 aliphatic carbocycles. The molecule has 1 amide bonds. The van der Waals surface area contributed by atoms with Gasteiger partial charge >= 0.3 is 0 Å². The third kappa shape index (κ3) is 2.86. The van der Waals surface area contributed by atoms with Gasteiger partial charge in [0.05, 0.1) is 0 Å². The molecule has 20 heavy (non-hydrogen) atoms. The average Bonchev–Trinajstić information content (AvgIpc) is 3.10. The number of carbonyl (C=O) groups excluding carboxylic acids is 1. The first-order chi connectivity index (χ1) is 9.72. The van der Waals surface area contributed by atoms with Crippen LogP contribution in [0.3, 0.4) is 0 Å². The van der Waals surface area contributed by atoms with Gasteiger partial charge in [0.2, 0.25) is 5.13 Å². The Hall–Kier alpha value is -1.79. The van der Waals surface area contributed by atoms with E-state index in [0.29, 0.717) is 11.7 Å². The van der Waals surface area contributed by atoms with Gasteiger partial charge in [0.25, 0.3) is 5.91 Å². The van der Waals surface area contributed by atoms with Crippen LogP contribution in [0.5, 0.6) is 0 Å². The molecule has 0 radical (unpaired) electrons. The molecule has 3 rings (SSSR count). The summed E-state index contributed by atoms with van der Waals surface area (Å²) < 4.78 is 5.34. The van der Waals surface area contributed by atoms with Gasteiger partial charge < -0.3 is 4.74 Å². The second kappa shape index (κ2) is 5.68. The van der Waals surface area contributed by atoms with E-state index in [0.717, 1.165) is 23.4 Å². The van der Waals surface area contributed by atoms with Crippen LogP contribution in [-0.4, -0.2) is 28.8 Å². The second-order valence-electron chi connectivity index (χ2n) is 4.77. The van der Waals surface area contributed by atoms with Crippen molar-refractivity contribution in [2.24, 2.45) is 0 Å². The summed E-state index contributed by atoms with van der Waals surface area (Å²) in [7, 11) is 0. The minimum absolute atomic E-state index is 0.130. The predicted octanol–water partition coefficient (Wildman–Crippen LogP) is 2.63. The molecule has 1 unspecified atom stereocenters. The number of rotatable bonds is 3. The summed E-state index contributed by atoms with van der Waals surface area (Å²) in [4.78, 5) is 11.9. The van der Waals surface area contributed by atoms with Crippen LogP contribution in [0.4, 0.5) is 5.13 Å². The van der Waals surface area contributed by atoms with E-state index in [9.17, 15) is 4.79 Å². The lowest BCUT2D eigenvalue weighted by atomic mass is 10.2. The van der Waals surface area contributed by atoms with Crippen LogP contribution in [0.15, 0.2) is 24.3 Å². The zero-order chi connectivity index (χ0) is 13.9. The maximum atomic E-state index is 11.9. The minimum atomic E-state index is -0.346. The Balaban J connectivity index is 1.70. The van der Waals surface area contributed by atoms with Gasteiger partial charge in [-0.05, 0) is 19.8 Å². The van der Waals surface area contributed by atoms with Crippen molar-refractivity contribution in [1.82, 2.24) is 10.2 Å². The third-order valence-corrected chi connectivity index (χ3v) is 4.06. The molecule has 1 fully saturated rings. The first-order valence-electron chi connectivity index (χ1n) is 6.55. The number of hydrogen-bond acceptors (Lipinski definition) is 5. The Morgan fingerprint density at radius 2 is 2.15 bits per heavy atom. The van der Waals surface area contributed by atoms with Gasteiger partial charge in [-0.3, -0.25) is 10.1 Å². The smallest absolute Gasteiger partial charge is 0.255 e. The van der Waals surface area contributed by atoms with Crippen LogP contribution in [0, 0.1) is 6.92 Å². The maximum absolute atomic E-state index is 11.9. The van der Waals surface area contributed by atoms with Crippen LogP contribution in [0.2, 0.25) is 0 Å². The van der Waals surface area contributed by atoms with Crippen LogP contribution >= 0.6 is 11.3 Å². The molecule has 1 saturated heterocycles. The Morgan fingerprint density at radius 1 is 1.35 bits per heavy atom. The standard InChI is InChI=1S/C14H15N3O2S/c1-9-4-6-10(7-5-9)13-16-17-14(20-13)15-12(18)11-3-2-8-19-11/h4-7,11H,2-3,8H2,1H3,(H,15,17,18). The van der Waals surface area contributed by atoms with Crippen molar-refractivity contribution < 1.29 is 9.53 Å². The number of nitrogens with zero attached hydrogens (tertiary/aromatic N) is 2. The average molecular weight is 289 g/mol. The minimum Gasteiger partial charge on any atom is -0.368 e. The molecule has 0 bridgehead atoms. The monoisotopic (exact) mass is 289 g/mol. The molecule has 1 aliphatic rings. The van der Waals surface area contributed by atoms with Crippen LogP contribution in [0.25, 0.3) is 10.6 Å². The topological polar surface area (TPSA) is 64.1 Å². The summed E-state index contributed by atoms with van der Waals surface area (Å²) in [6.07, 6.45) is 1.36. The lowest BCUT2D eigenvalue weighted by Crippen LogP contribution is -2.26. The molecule has 1 atom stereocenters. The Morgan fingerprint density at radius 3 is 2.85 bits per heavy atom. The molecule has 6 heteroatoms. The second-order valence-corrected chi connectivity index (χ2v) is 5.75. The number of carbonyl (C=O) groups is 1. The molecule has 0 spiro atoms. The van der Waals surface area contributed by atoms with Crippen LogP contribution in [-0.2, 0) is 9.53 Å². The molecule has 0 saturated carbocycles. The summed E-state index contributed by atoms with van der Waals surface area (Å²) in [6.45, 7) is 2.69. The van der Waals surface area contributed by atoms with Gasteiger partial charge in [0, 0.05) is 12.2 Å². The van der Waals surface area contributed by atoms with Crippen molar-refractivity contribution in [2.75, 3.05) is 11.9 Å². The van der Waals surface area contributed by atoms with E-state index >= 15 is 0 Å². The number of hydrogen-bond donors (Lipinski definition) is 1. The van der Waals surface area contributed by atoms with E-state index < -0.39 is 0 Å². The lowest BCUT2D eigenvalue weighted by Gasteiger charge is -2.06. The zero-order valence-corrected chi connectivity index (χ0v) is 11.9. The number of benzene rings is 1. The third-order valence-electron chi connectivity index (χ3n) is 3.18. The van der Waals surface area contributed by atoms with Gasteiger partial charge in [-0.25, -0.2) is 0 Å². The zero-order valence-electron chi connectivity index (χ0n) is 11.1. The van der Waals surface area contributed by atoms with E-state index in [1.165, 1.54) is 16.9 Å². The lowest BCUT2D eigenvalue weighted by molar-refractivity contribution is -0.124. The normalized spacial score (nSPS) is 18.1. The number of aromatic nitrogens is 2. The highest BCUT2D eigenvalue weighted by molar-refractivity contribution is 7.18. The fourth-order valence-electron chi connectivity index (χ4n) is 2.06. The molecule has 1 aromatic heterocycles. The molecular weight excluding hydrogens is 274 g/mol. The van der Waals surface area contributed by atoms with E-state index in [1.54, 1.807) is 0 Å². The fourth-order valence-corrected chi connectivity index (χ4v) is 2.81. The van der Waals surface area contributed by atoms with Crippen molar-refractivity contribution in [3.63, 3.8) is 0 Å². The van der Waals surface area contributed by atoms with Crippen molar-refractivity contribution in [1.29, 1.82) is 0 Å². The van der Waals surface area contributed by atoms with Gasteiger partial charge in [-0.1, -0.05) is 41.2 Å². The van der Waals surface area contributed by atoms with E-state index in [1.807, 2.05) is 31.2 Å². The quantitative estimate of drug-likeness (QED) is 0.943. The van der Waals surface area contributed by atoms with Crippen molar-refractivity contribution in [2.45, 2.75) is 25.9 Å². The summed E-state index contributed by atoms with van der Waals surface area (Å²) >= 11 is 1.37. The molecule has 2 aromatic rings.